The number of aryl methyl sites for hydroxylation is 2. The van der Waals surface area contributed by atoms with Crippen LogP contribution in [0, 0.1) is 13.8 Å². The Balaban J connectivity index is 1.90. The van der Waals surface area contributed by atoms with E-state index in [0.717, 1.165) is 22.4 Å². The molecule has 0 radical (unpaired) electrons. The van der Waals surface area contributed by atoms with Crippen LogP contribution >= 0.6 is 0 Å². The van der Waals surface area contributed by atoms with Crippen molar-refractivity contribution in [2.45, 2.75) is 13.8 Å². The van der Waals surface area contributed by atoms with E-state index in [0.29, 0.717) is 11.3 Å². The van der Waals surface area contributed by atoms with Gasteiger partial charge in [0.25, 0.3) is 5.91 Å². The van der Waals surface area contributed by atoms with E-state index in [4.69, 9.17) is 9.37 Å². The van der Waals surface area contributed by atoms with E-state index in [-0.39, 0.29) is 11.7 Å². The summed E-state index contributed by atoms with van der Waals surface area (Å²) in [6.45, 7) is 3.81. The van der Waals surface area contributed by atoms with Crippen LogP contribution in [-0.4, -0.2) is 23.3 Å². The van der Waals surface area contributed by atoms with E-state index < -0.39 is 0 Å². The summed E-state index contributed by atoms with van der Waals surface area (Å²) in [5.74, 6) is 0.809. The molecule has 1 amide bonds. The number of nitrogens with one attached hydrogen (secondary N) is 1. The predicted octanol–water partition coefficient (Wildman–Crippen LogP) is 3.61. The summed E-state index contributed by atoms with van der Waals surface area (Å²) in [4.78, 5) is 12.4. The van der Waals surface area contributed by atoms with E-state index >= 15 is 0 Å². The van der Waals surface area contributed by atoms with E-state index in [1.807, 2.05) is 50.2 Å². The molecule has 0 atom stereocenters. The molecule has 0 saturated heterocycles. The van der Waals surface area contributed by atoms with Crippen LogP contribution in [0.2, 0.25) is 0 Å². The number of aromatic nitrogens is 2. The Morgan fingerprint density at radius 1 is 1.08 bits per heavy atom. The van der Waals surface area contributed by atoms with Gasteiger partial charge in [-0.05, 0) is 59.6 Å². The molecular formula is C18H17N3O3. The second kappa shape index (κ2) is 6.54. The molecule has 6 heteroatoms. The minimum atomic E-state index is -0.254. The topological polar surface area (TPSA) is 77.2 Å². The number of rotatable bonds is 4. The Kier molecular flexibility index (Phi) is 4.29. The van der Waals surface area contributed by atoms with Crippen molar-refractivity contribution < 1.29 is 14.2 Å². The molecule has 1 aromatic heterocycles. The van der Waals surface area contributed by atoms with Crippen molar-refractivity contribution >= 4 is 11.7 Å². The first kappa shape index (κ1) is 15.7. The highest BCUT2D eigenvalue weighted by Crippen LogP contribution is 2.29. The van der Waals surface area contributed by atoms with Crippen molar-refractivity contribution in [3.05, 3.63) is 59.2 Å². The summed E-state index contributed by atoms with van der Waals surface area (Å²) >= 11 is 0. The smallest absolute Gasteiger partial charge is 0.257 e. The Labute approximate surface area is 139 Å². The molecule has 2 aromatic carbocycles. The second-order valence-electron chi connectivity index (χ2n) is 5.41. The van der Waals surface area contributed by atoms with Crippen molar-refractivity contribution in [2.75, 3.05) is 12.4 Å². The van der Waals surface area contributed by atoms with Gasteiger partial charge in [-0.2, -0.15) is 0 Å². The summed E-state index contributed by atoms with van der Waals surface area (Å²) in [6.07, 6.45) is 0. The average Bonchev–Trinajstić information content (AvgIpc) is 3.03. The van der Waals surface area contributed by atoms with Gasteiger partial charge in [-0.1, -0.05) is 18.2 Å². The number of carbonyl (C=O) groups is 1. The summed E-state index contributed by atoms with van der Waals surface area (Å²) < 4.78 is 10.1. The maximum Gasteiger partial charge on any atom is 0.257 e. The van der Waals surface area contributed by atoms with Gasteiger partial charge in [0.05, 0.1) is 7.11 Å². The first-order chi connectivity index (χ1) is 11.6. The average molecular weight is 323 g/mol. The predicted molar refractivity (Wildman–Crippen MR) is 90.2 cm³/mol. The first-order valence-electron chi connectivity index (χ1n) is 7.44. The van der Waals surface area contributed by atoms with Crippen molar-refractivity contribution in [2.24, 2.45) is 0 Å². The highest BCUT2D eigenvalue weighted by molar-refractivity contribution is 6.06. The lowest BCUT2D eigenvalue weighted by molar-refractivity contribution is 0.102. The summed E-state index contributed by atoms with van der Waals surface area (Å²) in [5.41, 5.74) is 3.68. The third kappa shape index (κ3) is 2.99. The van der Waals surface area contributed by atoms with Gasteiger partial charge in [0.2, 0.25) is 5.82 Å². The van der Waals surface area contributed by atoms with Gasteiger partial charge < -0.3 is 10.1 Å². The monoisotopic (exact) mass is 323 g/mol. The molecule has 0 unspecified atom stereocenters. The van der Waals surface area contributed by atoms with Gasteiger partial charge in [0.1, 0.15) is 5.75 Å². The fraction of sp³-hybridized carbons (Fsp3) is 0.167. The Morgan fingerprint density at radius 3 is 2.58 bits per heavy atom. The molecular weight excluding hydrogens is 306 g/mol. The number of ether oxygens (including phenoxy) is 1. The number of hydrogen-bond acceptors (Lipinski definition) is 5. The zero-order valence-corrected chi connectivity index (χ0v) is 13.7. The number of carbonyl (C=O) groups excluding carboxylic acids is 1. The quantitative estimate of drug-likeness (QED) is 0.793. The highest BCUT2D eigenvalue weighted by atomic mass is 16.6. The van der Waals surface area contributed by atoms with Gasteiger partial charge in [0.15, 0.2) is 5.69 Å². The van der Waals surface area contributed by atoms with E-state index in [9.17, 15) is 4.79 Å². The normalized spacial score (nSPS) is 10.5. The fourth-order valence-corrected chi connectivity index (χ4v) is 2.49. The molecule has 3 aromatic rings. The molecule has 0 saturated carbocycles. The van der Waals surface area contributed by atoms with Crippen LogP contribution in [0.15, 0.2) is 47.1 Å². The minimum Gasteiger partial charge on any atom is -0.496 e. The standard InChI is InChI=1S/C18H17N3O3/c1-11-6-4-5-7-14(11)18(22)19-17-16(20-24-21-17)13-8-9-15(23-3)12(2)10-13/h4-10H,1-3H3,(H,19,21,22). The van der Waals surface area contributed by atoms with Crippen molar-refractivity contribution in [3.63, 3.8) is 0 Å². The molecule has 0 aliphatic carbocycles. The van der Waals surface area contributed by atoms with Crippen molar-refractivity contribution in [1.29, 1.82) is 0 Å². The maximum atomic E-state index is 12.4. The molecule has 0 fully saturated rings. The lowest BCUT2D eigenvalue weighted by atomic mass is 10.1. The minimum absolute atomic E-state index is 0.254. The second-order valence-corrected chi connectivity index (χ2v) is 5.41. The van der Waals surface area contributed by atoms with Gasteiger partial charge >= 0.3 is 0 Å². The highest BCUT2D eigenvalue weighted by Gasteiger charge is 2.17. The molecule has 24 heavy (non-hydrogen) atoms. The molecule has 122 valence electrons. The largest absolute Gasteiger partial charge is 0.496 e. The molecule has 0 spiro atoms. The number of hydrogen-bond donors (Lipinski definition) is 1. The molecule has 3 rings (SSSR count). The molecule has 1 N–H and O–H groups in total. The van der Waals surface area contributed by atoms with Crippen molar-refractivity contribution in [1.82, 2.24) is 10.3 Å². The van der Waals surface area contributed by atoms with Crippen LogP contribution in [0.4, 0.5) is 5.82 Å². The summed E-state index contributed by atoms with van der Waals surface area (Å²) in [5, 5.41) is 10.5. The van der Waals surface area contributed by atoms with E-state index in [1.165, 1.54) is 0 Å². The number of amides is 1. The van der Waals surface area contributed by atoms with Crippen molar-refractivity contribution in [3.8, 4) is 17.0 Å². The van der Waals surface area contributed by atoms with Crippen LogP contribution in [-0.2, 0) is 0 Å². The number of anilines is 1. The molecule has 0 aliphatic rings. The molecule has 0 bridgehead atoms. The SMILES string of the molecule is COc1ccc(-c2nonc2NC(=O)c2ccccc2C)cc1C. The van der Waals surface area contributed by atoms with E-state index in [1.54, 1.807) is 13.2 Å². The fourth-order valence-electron chi connectivity index (χ4n) is 2.49. The molecule has 6 nitrogen and oxygen atoms in total. The van der Waals surface area contributed by atoms with Gasteiger partial charge in [0, 0.05) is 11.1 Å². The molecule has 0 aliphatic heterocycles. The third-order valence-corrected chi connectivity index (χ3v) is 3.78. The lowest BCUT2D eigenvalue weighted by Gasteiger charge is -2.08. The Bertz CT molecular complexity index is 887. The number of nitrogens with zero attached hydrogens (tertiary/aromatic N) is 2. The van der Waals surface area contributed by atoms with Crippen LogP contribution in [0.5, 0.6) is 5.75 Å². The summed E-state index contributed by atoms with van der Waals surface area (Å²) in [7, 11) is 1.62. The maximum absolute atomic E-state index is 12.4. The van der Waals surface area contributed by atoms with E-state index in [2.05, 4.69) is 15.6 Å². The van der Waals surface area contributed by atoms with Gasteiger partial charge in [-0.15, -0.1) is 0 Å². The lowest BCUT2D eigenvalue weighted by Crippen LogP contribution is -2.14. The van der Waals surface area contributed by atoms with Crippen LogP contribution in [0.25, 0.3) is 11.3 Å². The zero-order chi connectivity index (χ0) is 17.1. The van der Waals surface area contributed by atoms with Crippen LogP contribution in [0.3, 0.4) is 0 Å². The van der Waals surface area contributed by atoms with Gasteiger partial charge in [-0.25, -0.2) is 4.63 Å². The van der Waals surface area contributed by atoms with Crippen LogP contribution < -0.4 is 10.1 Å². The Morgan fingerprint density at radius 2 is 1.88 bits per heavy atom. The molecule has 1 heterocycles. The zero-order valence-electron chi connectivity index (χ0n) is 13.7. The third-order valence-electron chi connectivity index (χ3n) is 3.78. The van der Waals surface area contributed by atoms with Crippen LogP contribution in [0.1, 0.15) is 21.5 Å². The Hall–Kier alpha value is -3.15. The number of benzene rings is 2. The summed E-state index contributed by atoms with van der Waals surface area (Å²) in [6, 6.07) is 12.9. The first-order valence-corrected chi connectivity index (χ1v) is 7.44. The number of methoxy groups -OCH3 is 1. The van der Waals surface area contributed by atoms with Gasteiger partial charge in [-0.3, -0.25) is 4.79 Å².